The Morgan fingerprint density at radius 2 is 1.91 bits per heavy atom. The van der Waals surface area contributed by atoms with E-state index in [2.05, 4.69) is 14.7 Å². The Kier molecular flexibility index (Phi) is 3.83. The van der Waals surface area contributed by atoms with Crippen LogP contribution in [0, 0.1) is 0 Å². The molecule has 0 unspecified atom stereocenters. The van der Waals surface area contributed by atoms with Gasteiger partial charge in [-0.05, 0) is 30.3 Å². The highest BCUT2D eigenvalue weighted by Gasteiger charge is 2.20. The SMILES string of the molecule is COc1ccc(S(=O)(=O)Nc2ccc3nc[nH]c3c2)c(OC)c1. The molecule has 2 aromatic carbocycles. The Morgan fingerprint density at radius 1 is 1.09 bits per heavy atom. The number of rotatable bonds is 5. The molecule has 0 bridgehead atoms. The summed E-state index contributed by atoms with van der Waals surface area (Å²) in [6, 6.07) is 9.58. The molecule has 3 rings (SSSR count). The van der Waals surface area contributed by atoms with Gasteiger partial charge in [-0.1, -0.05) is 0 Å². The summed E-state index contributed by atoms with van der Waals surface area (Å²) in [5.41, 5.74) is 1.93. The summed E-state index contributed by atoms with van der Waals surface area (Å²) in [4.78, 5) is 7.06. The van der Waals surface area contributed by atoms with E-state index in [4.69, 9.17) is 9.47 Å². The highest BCUT2D eigenvalue weighted by molar-refractivity contribution is 7.92. The highest BCUT2D eigenvalue weighted by atomic mass is 32.2. The molecule has 0 saturated carbocycles. The molecule has 0 spiro atoms. The quantitative estimate of drug-likeness (QED) is 0.748. The second kappa shape index (κ2) is 5.81. The van der Waals surface area contributed by atoms with E-state index in [0.717, 1.165) is 11.0 Å². The van der Waals surface area contributed by atoms with E-state index in [1.807, 2.05) is 0 Å². The average Bonchev–Trinajstić information content (AvgIpc) is 3.01. The second-order valence-corrected chi connectivity index (χ2v) is 6.41. The maximum absolute atomic E-state index is 12.6. The van der Waals surface area contributed by atoms with E-state index in [1.165, 1.54) is 26.4 Å². The van der Waals surface area contributed by atoms with Gasteiger partial charge in [0.1, 0.15) is 16.4 Å². The molecular weight excluding hydrogens is 318 g/mol. The number of methoxy groups -OCH3 is 2. The Bertz CT molecular complexity index is 950. The van der Waals surface area contributed by atoms with Crippen molar-refractivity contribution in [3.8, 4) is 11.5 Å². The first-order valence-corrected chi connectivity index (χ1v) is 8.20. The Balaban J connectivity index is 1.97. The van der Waals surface area contributed by atoms with Crippen molar-refractivity contribution in [1.82, 2.24) is 9.97 Å². The van der Waals surface area contributed by atoms with Crippen LogP contribution in [0.4, 0.5) is 5.69 Å². The lowest BCUT2D eigenvalue weighted by Gasteiger charge is -2.12. The molecule has 0 amide bonds. The van der Waals surface area contributed by atoms with Gasteiger partial charge in [-0.15, -0.1) is 0 Å². The largest absolute Gasteiger partial charge is 0.497 e. The molecule has 2 N–H and O–H groups in total. The molecule has 0 fully saturated rings. The zero-order valence-electron chi connectivity index (χ0n) is 12.5. The van der Waals surface area contributed by atoms with Crippen molar-refractivity contribution >= 4 is 26.7 Å². The molecule has 120 valence electrons. The fourth-order valence-corrected chi connectivity index (χ4v) is 3.41. The summed E-state index contributed by atoms with van der Waals surface area (Å²) in [6.45, 7) is 0. The fourth-order valence-electron chi connectivity index (χ4n) is 2.21. The number of imidazole rings is 1. The number of H-pyrrole nitrogens is 1. The Hall–Kier alpha value is -2.74. The lowest BCUT2D eigenvalue weighted by atomic mass is 10.3. The molecule has 1 aromatic heterocycles. The van der Waals surface area contributed by atoms with E-state index < -0.39 is 10.0 Å². The Labute approximate surface area is 133 Å². The first kappa shape index (κ1) is 15.2. The number of sulfonamides is 1. The lowest BCUT2D eigenvalue weighted by Crippen LogP contribution is -2.14. The number of aromatic amines is 1. The highest BCUT2D eigenvalue weighted by Crippen LogP contribution is 2.30. The van der Waals surface area contributed by atoms with Crippen molar-refractivity contribution in [1.29, 1.82) is 0 Å². The minimum atomic E-state index is -3.80. The van der Waals surface area contributed by atoms with Crippen LogP contribution >= 0.6 is 0 Å². The van der Waals surface area contributed by atoms with Crippen molar-refractivity contribution in [3.63, 3.8) is 0 Å². The topological polar surface area (TPSA) is 93.3 Å². The minimum Gasteiger partial charge on any atom is -0.497 e. The van der Waals surface area contributed by atoms with Gasteiger partial charge in [-0.3, -0.25) is 4.72 Å². The fraction of sp³-hybridized carbons (Fsp3) is 0.133. The predicted molar refractivity (Wildman–Crippen MR) is 86.4 cm³/mol. The van der Waals surface area contributed by atoms with Crippen LogP contribution in [0.25, 0.3) is 11.0 Å². The van der Waals surface area contributed by atoms with E-state index >= 15 is 0 Å². The van der Waals surface area contributed by atoms with Gasteiger partial charge in [0.25, 0.3) is 10.0 Å². The van der Waals surface area contributed by atoms with Crippen molar-refractivity contribution in [3.05, 3.63) is 42.7 Å². The molecule has 0 aliphatic rings. The number of anilines is 1. The molecule has 7 nitrogen and oxygen atoms in total. The van der Waals surface area contributed by atoms with Gasteiger partial charge >= 0.3 is 0 Å². The van der Waals surface area contributed by atoms with Gasteiger partial charge in [-0.2, -0.15) is 0 Å². The van der Waals surface area contributed by atoms with Gasteiger partial charge in [0.05, 0.1) is 37.3 Å². The molecule has 0 atom stereocenters. The van der Waals surface area contributed by atoms with Crippen molar-refractivity contribution in [2.45, 2.75) is 4.90 Å². The van der Waals surface area contributed by atoms with Crippen molar-refractivity contribution in [2.75, 3.05) is 18.9 Å². The normalized spacial score (nSPS) is 11.4. The number of nitrogens with one attached hydrogen (secondary N) is 2. The van der Waals surface area contributed by atoms with Gasteiger partial charge in [-0.25, -0.2) is 13.4 Å². The van der Waals surface area contributed by atoms with Crippen LogP contribution in [0.5, 0.6) is 11.5 Å². The van der Waals surface area contributed by atoms with E-state index in [9.17, 15) is 8.42 Å². The maximum Gasteiger partial charge on any atom is 0.265 e. The first-order chi connectivity index (χ1) is 11.0. The minimum absolute atomic E-state index is 0.0329. The molecular formula is C15H15N3O4S. The summed E-state index contributed by atoms with van der Waals surface area (Å²) >= 11 is 0. The van der Waals surface area contributed by atoms with E-state index in [0.29, 0.717) is 11.4 Å². The smallest absolute Gasteiger partial charge is 0.265 e. The van der Waals surface area contributed by atoms with Gasteiger partial charge < -0.3 is 14.5 Å². The number of fused-ring (bicyclic) bond motifs is 1. The summed E-state index contributed by atoms with van der Waals surface area (Å²) in [7, 11) is -0.890. The molecule has 0 saturated heterocycles. The van der Waals surface area contributed by atoms with Crippen LogP contribution in [0.1, 0.15) is 0 Å². The van der Waals surface area contributed by atoms with Crippen LogP contribution in [0.2, 0.25) is 0 Å². The van der Waals surface area contributed by atoms with Gasteiger partial charge in [0.15, 0.2) is 0 Å². The number of benzene rings is 2. The van der Waals surface area contributed by atoms with Gasteiger partial charge in [0, 0.05) is 6.07 Å². The average molecular weight is 333 g/mol. The summed E-state index contributed by atoms with van der Waals surface area (Å²) < 4.78 is 38.0. The lowest BCUT2D eigenvalue weighted by molar-refractivity contribution is 0.386. The Morgan fingerprint density at radius 3 is 2.65 bits per heavy atom. The van der Waals surface area contributed by atoms with E-state index in [1.54, 1.807) is 30.6 Å². The monoisotopic (exact) mass is 333 g/mol. The van der Waals surface area contributed by atoms with Crippen molar-refractivity contribution < 1.29 is 17.9 Å². The summed E-state index contributed by atoms with van der Waals surface area (Å²) in [6.07, 6.45) is 1.55. The third kappa shape index (κ3) is 2.93. The number of hydrogen-bond donors (Lipinski definition) is 2. The maximum atomic E-state index is 12.6. The molecule has 0 radical (unpaired) electrons. The zero-order chi connectivity index (χ0) is 16.4. The summed E-state index contributed by atoms with van der Waals surface area (Å²) in [5.74, 6) is 0.721. The van der Waals surface area contributed by atoms with Crippen LogP contribution in [-0.4, -0.2) is 32.6 Å². The summed E-state index contributed by atoms with van der Waals surface area (Å²) in [5, 5.41) is 0. The number of ether oxygens (including phenoxy) is 2. The number of aromatic nitrogens is 2. The van der Waals surface area contributed by atoms with Crippen molar-refractivity contribution in [2.24, 2.45) is 0 Å². The number of hydrogen-bond acceptors (Lipinski definition) is 5. The molecule has 23 heavy (non-hydrogen) atoms. The van der Waals surface area contributed by atoms with E-state index in [-0.39, 0.29) is 10.6 Å². The first-order valence-electron chi connectivity index (χ1n) is 6.71. The molecule has 1 heterocycles. The zero-order valence-corrected chi connectivity index (χ0v) is 13.3. The van der Waals surface area contributed by atoms with Crippen LogP contribution in [-0.2, 0) is 10.0 Å². The molecule has 0 aliphatic heterocycles. The molecule has 3 aromatic rings. The van der Waals surface area contributed by atoms with Crippen LogP contribution in [0.3, 0.4) is 0 Å². The van der Waals surface area contributed by atoms with Crippen LogP contribution in [0.15, 0.2) is 47.6 Å². The standard InChI is InChI=1S/C15H15N3O4S/c1-21-11-4-6-15(14(8-11)22-2)23(19,20)18-10-3-5-12-13(7-10)17-9-16-12/h3-9,18H,1-2H3,(H,16,17). The third-order valence-corrected chi connectivity index (χ3v) is 4.75. The van der Waals surface area contributed by atoms with Gasteiger partial charge in [0.2, 0.25) is 0 Å². The number of nitrogens with zero attached hydrogens (tertiary/aromatic N) is 1. The molecule has 0 aliphatic carbocycles. The predicted octanol–water partition coefficient (Wildman–Crippen LogP) is 2.38. The third-order valence-electron chi connectivity index (χ3n) is 3.33. The van der Waals surface area contributed by atoms with Crippen LogP contribution < -0.4 is 14.2 Å². The molecule has 8 heteroatoms. The second-order valence-electron chi connectivity index (χ2n) is 4.76.